The van der Waals surface area contributed by atoms with E-state index in [0.717, 1.165) is 26.7 Å². The van der Waals surface area contributed by atoms with Crippen molar-refractivity contribution >= 4 is 35.3 Å². The Morgan fingerprint density at radius 2 is 2.03 bits per heavy atom. The van der Waals surface area contributed by atoms with E-state index in [0.29, 0.717) is 5.70 Å². The number of nitrogens with zero attached hydrogens (tertiary/aromatic N) is 1. The normalized spacial score (nSPS) is 15.6. The molecule has 3 rings (SSSR count). The van der Waals surface area contributed by atoms with Crippen LogP contribution in [0.5, 0.6) is 5.75 Å². The lowest BCUT2D eigenvalue weighted by atomic mass is 10.1. The first kappa shape index (κ1) is 22.0. The molecular formula is C23H23N3O4S. The molecule has 0 bridgehead atoms. The number of rotatable bonds is 7. The molecule has 1 aromatic heterocycles. The highest BCUT2D eigenvalue weighted by molar-refractivity contribution is 7.11. The first-order valence-corrected chi connectivity index (χ1v) is 10.5. The molecule has 31 heavy (non-hydrogen) atoms. The van der Waals surface area contributed by atoms with Crippen LogP contribution in [-0.4, -0.2) is 36.4 Å². The van der Waals surface area contributed by atoms with Crippen molar-refractivity contribution in [1.82, 2.24) is 15.5 Å². The molecule has 7 nitrogen and oxygen atoms in total. The number of carbonyl (C=O) groups excluding carboxylic acids is 3. The van der Waals surface area contributed by atoms with Gasteiger partial charge in [0, 0.05) is 10.6 Å². The summed E-state index contributed by atoms with van der Waals surface area (Å²) in [6.45, 7) is 3.25. The van der Waals surface area contributed by atoms with Crippen molar-refractivity contribution in [1.29, 1.82) is 0 Å². The maximum Gasteiger partial charge on any atom is 0.329 e. The minimum Gasteiger partial charge on any atom is -0.497 e. The molecule has 2 N–H and O–H groups in total. The highest BCUT2D eigenvalue weighted by Gasteiger charge is 2.35. The van der Waals surface area contributed by atoms with Gasteiger partial charge in [-0.25, -0.2) is 9.69 Å². The quantitative estimate of drug-likeness (QED) is 0.391. The van der Waals surface area contributed by atoms with Gasteiger partial charge in [0.2, 0.25) is 5.91 Å². The summed E-state index contributed by atoms with van der Waals surface area (Å²) in [5.41, 5.74) is 2.70. The predicted molar refractivity (Wildman–Crippen MR) is 121 cm³/mol. The minimum absolute atomic E-state index is 0.136. The van der Waals surface area contributed by atoms with Gasteiger partial charge in [0.15, 0.2) is 0 Å². The summed E-state index contributed by atoms with van der Waals surface area (Å²) in [6, 6.07) is 8.98. The second-order valence-electron chi connectivity index (χ2n) is 6.64. The first-order valence-electron chi connectivity index (χ1n) is 9.61. The van der Waals surface area contributed by atoms with Crippen LogP contribution in [0.15, 0.2) is 65.3 Å². The van der Waals surface area contributed by atoms with Gasteiger partial charge in [0.1, 0.15) is 18.0 Å². The largest absolute Gasteiger partial charge is 0.497 e. The fraction of sp³-hybridized carbons (Fsp3) is 0.174. The molecule has 4 amide bonds. The Labute approximate surface area is 184 Å². The molecule has 160 valence electrons. The first-order chi connectivity index (χ1) is 14.9. The fourth-order valence-corrected chi connectivity index (χ4v) is 3.82. The third-order valence-electron chi connectivity index (χ3n) is 4.51. The van der Waals surface area contributed by atoms with Gasteiger partial charge in [-0.15, -0.1) is 11.3 Å². The number of methoxy groups -OCH3 is 1. The number of carbonyl (C=O) groups is 3. The fourth-order valence-electron chi connectivity index (χ4n) is 2.97. The van der Waals surface area contributed by atoms with Crippen LogP contribution in [0.25, 0.3) is 17.2 Å². The van der Waals surface area contributed by atoms with Crippen molar-refractivity contribution in [2.45, 2.75) is 13.8 Å². The smallest absolute Gasteiger partial charge is 0.329 e. The van der Waals surface area contributed by atoms with E-state index in [1.165, 1.54) is 11.3 Å². The Morgan fingerprint density at radius 3 is 2.74 bits per heavy atom. The lowest BCUT2D eigenvalue weighted by Gasteiger charge is -2.12. The van der Waals surface area contributed by atoms with Crippen molar-refractivity contribution in [3.63, 3.8) is 0 Å². The average Bonchev–Trinajstić information content (AvgIpc) is 3.34. The van der Waals surface area contributed by atoms with Crippen LogP contribution in [-0.2, 0) is 9.59 Å². The van der Waals surface area contributed by atoms with Crippen molar-refractivity contribution in [3.8, 4) is 16.9 Å². The zero-order valence-electron chi connectivity index (χ0n) is 17.5. The Bertz CT molecular complexity index is 1100. The summed E-state index contributed by atoms with van der Waals surface area (Å²) in [6.07, 6.45) is 6.85. The molecular weight excluding hydrogens is 414 g/mol. The number of hydrogen-bond donors (Lipinski definition) is 2. The maximum atomic E-state index is 12.7. The van der Waals surface area contributed by atoms with Gasteiger partial charge >= 0.3 is 6.03 Å². The molecule has 0 saturated carbocycles. The molecule has 1 fully saturated rings. The molecule has 0 radical (unpaired) electrons. The van der Waals surface area contributed by atoms with Crippen molar-refractivity contribution in [2.24, 2.45) is 0 Å². The second kappa shape index (κ2) is 9.90. The monoisotopic (exact) mass is 437 g/mol. The summed E-state index contributed by atoms with van der Waals surface area (Å²) >= 11 is 1.45. The Kier molecular flexibility index (Phi) is 7.04. The average molecular weight is 438 g/mol. The molecule has 0 aliphatic carbocycles. The van der Waals surface area contributed by atoms with Crippen molar-refractivity contribution in [3.05, 3.63) is 70.2 Å². The summed E-state index contributed by atoms with van der Waals surface area (Å²) < 4.78 is 5.26. The van der Waals surface area contributed by atoms with E-state index >= 15 is 0 Å². The number of thiophene rings is 1. The topological polar surface area (TPSA) is 87.7 Å². The van der Waals surface area contributed by atoms with Crippen LogP contribution in [0.1, 0.15) is 18.7 Å². The third kappa shape index (κ3) is 5.29. The molecule has 0 spiro atoms. The number of hydrogen-bond acceptors (Lipinski definition) is 5. The van der Waals surface area contributed by atoms with Crippen LogP contribution in [0.3, 0.4) is 0 Å². The van der Waals surface area contributed by atoms with E-state index in [4.69, 9.17) is 4.74 Å². The van der Waals surface area contributed by atoms with E-state index < -0.39 is 17.8 Å². The Hall–Kier alpha value is -3.65. The number of urea groups is 1. The van der Waals surface area contributed by atoms with Gasteiger partial charge in [-0.05, 0) is 60.7 Å². The summed E-state index contributed by atoms with van der Waals surface area (Å²) in [5, 5.41) is 7.17. The molecule has 2 heterocycles. The van der Waals surface area contributed by atoms with E-state index in [1.807, 2.05) is 42.6 Å². The third-order valence-corrected chi connectivity index (χ3v) is 5.39. The summed E-state index contributed by atoms with van der Waals surface area (Å²) in [5.74, 6) is -0.233. The van der Waals surface area contributed by atoms with E-state index in [1.54, 1.807) is 38.3 Å². The number of imide groups is 1. The van der Waals surface area contributed by atoms with E-state index in [9.17, 15) is 14.4 Å². The molecule has 1 aliphatic rings. The highest BCUT2D eigenvalue weighted by Crippen LogP contribution is 2.29. The van der Waals surface area contributed by atoms with Crippen molar-refractivity contribution in [2.75, 3.05) is 13.7 Å². The number of benzene rings is 1. The Morgan fingerprint density at radius 1 is 1.23 bits per heavy atom. The van der Waals surface area contributed by atoms with Gasteiger partial charge in [0.25, 0.3) is 5.91 Å². The molecule has 1 saturated heterocycles. The molecule has 2 aromatic rings. The van der Waals surface area contributed by atoms with Crippen LogP contribution in [0.2, 0.25) is 0 Å². The lowest BCUT2D eigenvalue weighted by Crippen LogP contribution is -2.40. The van der Waals surface area contributed by atoms with Gasteiger partial charge < -0.3 is 15.4 Å². The van der Waals surface area contributed by atoms with E-state index in [2.05, 4.69) is 10.6 Å². The second-order valence-corrected chi connectivity index (χ2v) is 7.58. The van der Waals surface area contributed by atoms with Gasteiger partial charge in [0.05, 0.1) is 7.11 Å². The van der Waals surface area contributed by atoms with Crippen LogP contribution < -0.4 is 15.4 Å². The standard InChI is InChI=1S/C23H23N3O4S/c1-4-7-17(5-2)24-21(27)13-26-22(28)20(25-23(26)29)12-19-11-16(14-31-19)15-8-6-9-18(10-15)30-3/h4-12,14H,13H2,1-3H3,(H,24,27)(H,25,29). The van der Waals surface area contributed by atoms with E-state index in [-0.39, 0.29) is 12.2 Å². The number of ether oxygens (including phenoxy) is 1. The number of amides is 4. The molecule has 8 heteroatoms. The highest BCUT2D eigenvalue weighted by atomic mass is 32.1. The lowest BCUT2D eigenvalue weighted by molar-refractivity contribution is -0.129. The zero-order valence-corrected chi connectivity index (χ0v) is 18.3. The van der Waals surface area contributed by atoms with Gasteiger partial charge in [-0.1, -0.05) is 24.3 Å². The number of allylic oxidation sites excluding steroid dienone is 3. The summed E-state index contributed by atoms with van der Waals surface area (Å²) in [4.78, 5) is 38.8. The van der Waals surface area contributed by atoms with Crippen LogP contribution in [0.4, 0.5) is 4.79 Å². The Balaban J connectivity index is 1.72. The maximum absolute atomic E-state index is 12.7. The number of nitrogens with one attached hydrogen (secondary N) is 2. The zero-order chi connectivity index (χ0) is 22.4. The van der Waals surface area contributed by atoms with Crippen LogP contribution >= 0.6 is 11.3 Å². The predicted octanol–water partition coefficient (Wildman–Crippen LogP) is 3.91. The molecule has 0 unspecified atom stereocenters. The van der Waals surface area contributed by atoms with Crippen molar-refractivity contribution < 1.29 is 19.1 Å². The SMILES string of the molecule is CC=CC(=CC)NC(=O)CN1C(=O)NC(=Cc2cc(-c3cccc(OC)c3)cs2)C1=O. The van der Waals surface area contributed by atoms with Gasteiger partial charge in [-0.3, -0.25) is 9.59 Å². The minimum atomic E-state index is -0.621. The molecule has 0 atom stereocenters. The molecule has 1 aromatic carbocycles. The van der Waals surface area contributed by atoms with Crippen LogP contribution in [0, 0.1) is 0 Å². The summed E-state index contributed by atoms with van der Waals surface area (Å²) in [7, 11) is 1.61. The molecule has 1 aliphatic heterocycles. The van der Waals surface area contributed by atoms with Gasteiger partial charge in [-0.2, -0.15) is 0 Å².